The molecule has 0 saturated heterocycles. The number of ether oxygens (including phenoxy) is 1. The third kappa shape index (κ3) is 2.37. The first-order valence-electron chi connectivity index (χ1n) is 6.73. The van der Waals surface area contributed by atoms with Crippen LogP contribution in [0.4, 0.5) is 0 Å². The fraction of sp³-hybridized carbons (Fsp3) is 0.118. The molecule has 3 aromatic rings. The van der Waals surface area contributed by atoms with Gasteiger partial charge in [-0.3, -0.25) is 0 Å². The van der Waals surface area contributed by atoms with Crippen LogP contribution in [0.15, 0.2) is 47.0 Å². The van der Waals surface area contributed by atoms with Crippen molar-refractivity contribution in [3.05, 3.63) is 48.2 Å². The van der Waals surface area contributed by atoms with E-state index < -0.39 is 0 Å². The predicted molar refractivity (Wildman–Crippen MR) is 82.0 cm³/mol. The summed E-state index contributed by atoms with van der Waals surface area (Å²) in [5, 5.41) is 23.5. The topological polar surface area (TPSA) is 75.7 Å². The van der Waals surface area contributed by atoms with Crippen LogP contribution in [0.2, 0.25) is 0 Å². The standard InChI is InChI=1S/C17H15NO4/c1-10-16(11-3-6-13(21-2)7-4-11)17(18-22-10)14-8-5-12(19)9-15(14)20/h3-9,19-20H,1-2H3. The number of rotatable bonds is 3. The molecule has 0 saturated carbocycles. The van der Waals surface area contributed by atoms with Crippen LogP contribution >= 0.6 is 0 Å². The molecular weight excluding hydrogens is 282 g/mol. The van der Waals surface area contributed by atoms with E-state index in [1.54, 1.807) is 13.2 Å². The van der Waals surface area contributed by atoms with E-state index in [-0.39, 0.29) is 11.5 Å². The molecule has 0 unspecified atom stereocenters. The molecule has 112 valence electrons. The average Bonchev–Trinajstić information content (AvgIpc) is 2.89. The molecular formula is C17H15NO4. The molecule has 1 heterocycles. The third-order valence-electron chi connectivity index (χ3n) is 3.48. The van der Waals surface area contributed by atoms with Crippen molar-refractivity contribution in [3.63, 3.8) is 0 Å². The summed E-state index contributed by atoms with van der Waals surface area (Å²) in [7, 11) is 1.61. The van der Waals surface area contributed by atoms with E-state index in [2.05, 4.69) is 5.16 Å². The number of aromatic nitrogens is 1. The maximum absolute atomic E-state index is 10.0. The number of methoxy groups -OCH3 is 1. The van der Waals surface area contributed by atoms with Gasteiger partial charge >= 0.3 is 0 Å². The van der Waals surface area contributed by atoms with Crippen LogP contribution in [0.3, 0.4) is 0 Å². The number of aryl methyl sites for hydroxylation is 1. The predicted octanol–water partition coefficient (Wildman–Crippen LogP) is 3.74. The molecule has 0 amide bonds. The monoisotopic (exact) mass is 297 g/mol. The van der Waals surface area contributed by atoms with Gasteiger partial charge in [0.15, 0.2) is 0 Å². The van der Waals surface area contributed by atoms with Gasteiger partial charge in [-0.25, -0.2) is 0 Å². The first-order valence-corrected chi connectivity index (χ1v) is 6.73. The Morgan fingerprint density at radius 2 is 1.77 bits per heavy atom. The Kier molecular flexibility index (Phi) is 3.47. The summed E-state index contributed by atoms with van der Waals surface area (Å²) < 4.78 is 10.4. The van der Waals surface area contributed by atoms with Gasteiger partial charge in [-0.2, -0.15) is 0 Å². The van der Waals surface area contributed by atoms with Gasteiger partial charge in [0.25, 0.3) is 0 Å². The molecule has 5 heteroatoms. The van der Waals surface area contributed by atoms with E-state index in [0.29, 0.717) is 17.0 Å². The Balaban J connectivity index is 2.14. The second-order valence-corrected chi connectivity index (χ2v) is 4.89. The van der Waals surface area contributed by atoms with Crippen molar-refractivity contribution in [3.8, 4) is 39.6 Å². The average molecular weight is 297 g/mol. The number of hydrogen-bond donors (Lipinski definition) is 2. The summed E-state index contributed by atoms with van der Waals surface area (Å²) >= 11 is 0. The number of aromatic hydroxyl groups is 2. The van der Waals surface area contributed by atoms with E-state index in [4.69, 9.17) is 9.26 Å². The third-order valence-corrected chi connectivity index (χ3v) is 3.48. The Morgan fingerprint density at radius 1 is 1.05 bits per heavy atom. The Bertz CT molecular complexity index is 806. The molecule has 2 N–H and O–H groups in total. The minimum absolute atomic E-state index is 0.00698. The van der Waals surface area contributed by atoms with Gasteiger partial charge in [0.1, 0.15) is 28.7 Å². The number of nitrogens with zero attached hydrogens (tertiary/aromatic N) is 1. The summed E-state index contributed by atoms with van der Waals surface area (Å²) in [5.41, 5.74) is 2.73. The summed E-state index contributed by atoms with van der Waals surface area (Å²) in [6, 6.07) is 11.9. The van der Waals surface area contributed by atoms with Gasteiger partial charge < -0.3 is 19.5 Å². The molecule has 0 atom stereocenters. The lowest BCUT2D eigenvalue weighted by Crippen LogP contribution is -1.86. The molecule has 0 aliphatic heterocycles. The smallest absolute Gasteiger partial charge is 0.142 e. The summed E-state index contributed by atoms with van der Waals surface area (Å²) in [5.74, 6) is 1.34. The van der Waals surface area contributed by atoms with Crippen molar-refractivity contribution < 1.29 is 19.5 Å². The lowest BCUT2D eigenvalue weighted by atomic mass is 9.99. The molecule has 22 heavy (non-hydrogen) atoms. The van der Waals surface area contributed by atoms with Gasteiger partial charge in [-0.15, -0.1) is 0 Å². The van der Waals surface area contributed by atoms with Crippen molar-refractivity contribution in [2.75, 3.05) is 7.11 Å². The van der Waals surface area contributed by atoms with Crippen LogP contribution in [-0.2, 0) is 0 Å². The highest BCUT2D eigenvalue weighted by Gasteiger charge is 2.19. The highest BCUT2D eigenvalue weighted by molar-refractivity contribution is 5.84. The maximum Gasteiger partial charge on any atom is 0.142 e. The highest BCUT2D eigenvalue weighted by Crippen LogP contribution is 2.39. The highest BCUT2D eigenvalue weighted by atomic mass is 16.5. The molecule has 2 aromatic carbocycles. The number of phenolic OH excluding ortho intramolecular Hbond substituents is 2. The van der Waals surface area contributed by atoms with E-state index >= 15 is 0 Å². The number of benzene rings is 2. The normalized spacial score (nSPS) is 10.6. The molecule has 0 bridgehead atoms. The van der Waals surface area contributed by atoms with Gasteiger partial charge in [0.05, 0.1) is 12.7 Å². The van der Waals surface area contributed by atoms with Gasteiger partial charge in [-0.1, -0.05) is 17.3 Å². The number of phenols is 2. The SMILES string of the molecule is COc1ccc(-c2c(-c3ccc(O)cc3O)noc2C)cc1. The van der Waals surface area contributed by atoms with Crippen molar-refractivity contribution in [1.29, 1.82) is 0 Å². The zero-order chi connectivity index (χ0) is 15.7. The zero-order valence-electron chi connectivity index (χ0n) is 12.2. The van der Waals surface area contributed by atoms with Crippen LogP contribution in [0.25, 0.3) is 22.4 Å². The minimum Gasteiger partial charge on any atom is -0.508 e. The van der Waals surface area contributed by atoms with Crippen molar-refractivity contribution in [1.82, 2.24) is 5.16 Å². The van der Waals surface area contributed by atoms with Crippen molar-refractivity contribution in [2.45, 2.75) is 6.92 Å². The molecule has 3 rings (SSSR count). The molecule has 5 nitrogen and oxygen atoms in total. The fourth-order valence-electron chi connectivity index (χ4n) is 2.37. The van der Waals surface area contributed by atoms with Gasteiger partial charge in [-0.05, 0) is 36.8 Å². The van der Waals surface area contributed by atoms with Gasteiger partial charge in [0.2, 0.25) is 0 Å². The minimum atomic E-state index is -0.0527. The Morgan fingerprint density at radius 3 is 2.41 bits per heavy atom. The van der Waals surface area contributed by atoms with E-state index in [9.17, 15) is 10.2 Å². The first-order chi connectivity index (χ1) is 10.6. The van der Waals surface area contributed by atoms with Crippen molar-refractivity contribution in [2.24, 2.45) is 0 Å². The maximum atomic E-state index is 10.0. The molecule has 0 aliphatic carbocycles. The molecule has 0 fully saturated rings. The van der Waals surface area contributed by atoms with E-state index in [0.717, 1.165) is 16.9 Å². The largest absolute Gasteiger partial charge is 0.508 e. The Labute approximate surface area is 127 Å². The Hall–Kier alpha value is -2.95. The lowest BCUT2D eigenvalue weighted by molar-refractivity contribution is 0.399. The van der Waals surface area contributed by atoms with Crippen molar-refractivity contribution >= 4 is 0 Å². The molecule has 0 spiro atoms. The van der Waals surface area contributed by atoms with Crippen LogP contribution in [0.1, 0.15) is 5.76 Å². The van der Waals surface area contributed by atoms with Crippen LogP contribution in [-0.4, -0.2) is 22.5 Å². The van der Waals surface area contributed by atoms with E-state index in [1.165, 1.54) is 12.1 Å². The quantitative estimate of drug-likeness (QED) is 0.770. The second kappa shape index (κ2) is 5.44. The number of hydrogen-bond acceptors (Lipinski definition) is 5. The molecule has 0 aliphatic rings. The fourth-order valence-corrected chi connectivity index (χ4v) is 2.37. The lowest BCUT2D eigenvalue weighted by Gasteiger charge is -2.06. The van der Waals surface area contributed by atoms with Gasteiger partial charge in [0, 0.05) is 11.6 Å². The van der Waals surface area contributed by atoms with Crippen LogP contribution in [0, 0.1) is 6.92 Å². The summed E-state index contributed by atoms with van der Waals surface area (Å²) in [6.07, 6.45) is 0. The zero-order valence-corrected chi connectivity index (χ0v) is 12.2. The summed E-state index contributed by atoms with van der Waals surface area (Å²) in [4.78, 5) is 0. The summed E-state index contributed by atoms with van der Waals surface area (Å²) in [6.45, 7) is 1.81. The van der Waals surface area contributed by atoms with Crippen LogP contribution < -0.4 is 4.74 Å². The molecule has 1 aromatic heterocycles. The molecule has 0 radical (unpaired) electrons. The van der Waals surface area contributed by atoms with Crippen LogP contribution in [0.5, 0.6) is 17.2 Å². The van der Waals surface area contributed by atoms with E-state index in [1.807, 2.05) is 31.2 Å². The first kappa shape index (κ1) is 14.0. The second-order valence-electron chi connectivity index (χ2n) is 4.89.